The molecule has 0 radical (unpaired) electrons. The number of carbonyl (C=O) groups is 1. The molecule has 1 amide bonds. The van der Waals surface area contributed by atoms with E-state index in [9.17, 15) is 4.79 Å². The smallest absolute Gasteiger partial charge is 0.223 e. The lowest BCUT2D eigenvalue weighted by Gasteiger charge is -2.27. The number of benzene rings is 1. The highest BCUT2D eigenvalue weighted by Crippen LogP contribution is 2.31. The van der Waals surface area contributed by atoms with Crippen molar-refractivity contribution < 1.29 is 9.21 Å². The number of carbonyl (C=O) groups excluding carboxylic acids is 1. The number of nitrogens with zero attached hydrogens (tertiary/aromatic N) is 1. The van der Waals surface area contributed by atoms with Gasteiger partial charge in [-0.2, -0.15) is 0 Å². The molecule has 3 nitrogen and oxygen atoms in total. The zero-order chi connectivity index (χ0) is 15.6. The maximum absolute atomic E-state index is 12.6. The van der Waals surface area contributed by atoms with Crippen LogP contribution in [0.3, 0.4) is 0 Å². The zero-order valence-corrected chi connectivity index (χ0v) is 13.3. The molecule has 0 N–H and O–H groups in total. The maximum atomic E-state index is 12.6. The Morgan fingerprint density at radius 1 is 1.23 bits per heavy atom. The molecule has 3 heteroatoms. The lowest BCUT2D eigenvalue weighted by molar-refractivity contribution is -0.131. The Morgan fingerprint density at radius 3 is 2.68 bits per heavy atom. The summed E-state index contributed by atoms with van der Waals surface area (Å²) in [6.07, 6.45) is 3.24. The Kier molecular flexibility index (Phi) is 4.06. The summed E-state index contributed by atoms with van der Waals surface area (Å²) in [4.78, 5) is 14.6. The van der Waals surface area contributed by atoms with Crippen LogP contribution in [-0.2, 0) is 10.2 Å². The average molecular weight is 297 g/mol. The van der Waals surface area contributed by atoms with Crippen LogP contribution in [0, 0.1) is 0 Å². The van der Waals surface area contributed by atoms with Gasteiger partial charge in [0.05, 0.1) is 6.26 Å². The van der Waals surface area contributed by atoms with Gasteiger partial charge in [0, 0.05) is 25.4 Å². The summed E-state index contributed by atoms with van der Waals surface area (Å²) >= 11 is 0. The first kappa shape index (κ1) is 14.9. The van der Waals surface area contributed by atoms with Crippen molar-refractivity contribution in [2.24, 2.45) is 0 Å². The van der Waals surface area contributed by atoms with E-state index in [-0.39, 0.29) is 11.3 Å². The van der Waals surface area contributed by atoms with Crippen molar-refractivity contribution in [2.75, 3.05) is 13.1 Å². The van der Waals surface area contributed by atoms with E-state index in [1.807, 2.05) is 35.2 Å². The fraction of sp³-hybridized carbons (Fsp3) is 0.421. The Morgan fingerprint density at radius 2 is 2.00 bits per heavy atom. The van der Waals surface area contributed by atoms with Gasteiger partial charge in [0.1, 0.15) is 5.76 Å². The number of hydrogen-bond acceptors (Lipinski definition) is 2. The van der Waals surface area contributed by atoms with Crippen LogP contribution in [0.5, 0.6) is 0 Å². The Balaban J connectivity index is 1.63. The van der Waals surface area contributed by atoms with Gasteiger partial charge < -0.3 is 9.32 Å². The van der Waals surface area contributed by atoms with Gasteiger partial charge >= 0.3 is 0 Å². The highest BCUT2D eigenvalue weighted by atomic mass is 16.3. The van der Waals surface area contributed by atoms with E-state index in [2.05, 4.69) is 26.0 Å². The van der Waals surface area contributed by atoms with Crippen LogP contribution >= 0.6 is 0 Å². The standard InChI is InChI=1S/C19H23NO2/c1-19(2,16-7-4-3-5-8-16)13-18(21)20-11-10-15(14-20)17-9-6-12-22-17/h3-9,12,15H,10-11,13-14H2,1-2H3. The number of likely N-dealkylation sites (tertiary alicyclic amines) is 1. The predicted octanol–water partition coefficient (Wildman–Crippen LogP) is 3.96. The van der Waals surface area contributed by atoms with Crippen molar-refractivity contribution in [3.8, 4) is 0 Å². The van der Waals surface area contributed by atoms with Gasteiger partial charge in [0.25, 0.3) is 0 Å². The van der Waals surface area contributed by atoms with Crippen LogP contribution in [0.2, 0.25) is 0 Å². The van der Waals surface area contributed by atoms with Crippen molar-refractivity contribution in [2.45, 2.75) is 38.0 Å². The van der Waals surface area contributed by atoms with E-state index < -0.39 is 0 Å². The topological polar surface area (TPSA) is 33.5 Å². The molecule has 1 aromatic heterocycles. The summed E-state index contributed by atoms with van der Waals surface area (Å²) in [5, 5.41) is 0. The Hall–Kier alpha value is -2.03. The van der Waals surface area contributed by atoms with E-state index in [4.69, 9.17) is 4.42 Å². The highest BCUT2D eigenvalue weighted by molar-refractivity contribution is 5.78. The molecule has 0 aliphatic carbocycles. The lowest BCUT2D eigenvalue weighted by Crippen LogP contribution is -2.34. The van der Waals surface area contributed by atoms with Crippen molar-refractivity contribution >= 4 is 5.91 Å². The molecule has 0 spiro atoms. The third-order valence-corrected chi connectivity index (χ3v) is 4.63. The summed E-state index contributed by atoms with van der Waals surface area (Å²) < 4.78 is 5.48. The van der Waals surface area contributed by atoms with Crippen LogP contribution < -0.4 is 0 Å². The first-order valence-corrected chi connectivity index (χ1v) is 7.93. The number of rotatable bonds is 4. The third-order valence-electron chi connectivity index (χ3n) is 4.63. The molecule has 1 saturated heterocycles. The van der Waals surface area contributed by atoms with E-state index in [0.717, 1.165) is 25.3 Å². The van der Waals surface area contributed by atoms with Crippen LogP contribution in [0.25, 0.3) is 0 Å². The molecule has 22 heavy (non-hydrogen) atoms. The molecule has 1 unspecified atom stereocenters. The van der Waals surface area contributed by atoms with E-state index in [0.29, 0.717) is 12.3 Å². The molecule has 2 aromatic rings. The molecule has 2 heterocycles. The molecule has 1 aliphatic heterocycles. The van der Waals surface area contributed by atoms with Crippen molar-refractivity contribution in [1.29, 1.82) is 0 Å². The molecule has 0 saturated carbocycles. The van der Waals surface area contributed by atoms with E-state index in [1.54, 1.807) is 6.26 Å². The minimum atomic E-state index is -0.138. The predicted molar refractivity (Wildman–Crippen MR) is 86.7 cm³/mol. The van der Waals surface area contributed by atoms with Gasteiger partial charge in [-0.05, 0) is 29.5 Å². The van der Waals surface area contributed by atoms with E-state index in [1.165, 1.54) is 5.56 Å². The second-order valence-corrected chi connectivity index (χ2v) is 6.77. The average Bonchev–Trinajstić information content (AvgIpc) is 3.19. The van der Waals surface area contributed by atoms with Gasteiger partial charge in [-0.15, -0.1) is 0 Å². The fourth-order valence-electron chi connectivity index (χ4n) is 3.22. The normalized spacial score (nSPS) is 18.6. The molecule has 116 valence electrons. The molecular formula is C19H23NO2. The minimum absolute atomic E-state index is 0.138. The second-order valence-electron chi connectivity index (χ2n) is 6.77. The zero-order valence-electron chi connectivity index (χ0n) is 13.3. The first-order chi connectivity index (χ1) is 10.6. The molecule has 3 rings (SSSR count). The van der Waals surface area contributed by atoms with Gasteiger partial charge in [-0.1, -0.05) is 44.2 Å². The SMILES string of the molecule is CC(C)(CC(=O)N1CCC(c2ccco2)C1)c1ccccc1. The highest BCUT2D eigenvalue weighted by Gasteiger charge is 2.32. The molecular weight excluding hydrogens is 274 g/mol. The largest absolute Gasteiger partial charge is 0.469 e. The fourth-order valence-corrected chi connectivity index (χ4v) is 3.22. The van der Waals surface area contributed by atoms with Gasteiger partial charge in [0.2, 0.25) is 5.91 Å². The van der Waals surface area contributed by atoms with Gasteiger partial charge in [0.15, 0.2) is 0 Å². The first-order valence-electron chi connectivity index (χ1n) is 7.93. The summed E-state index contributed by atoms with van der Waals surface area (Å²) in [6, 6.07) is 14.2. The van der Waals surface area contributed by atoms with Gasteiger partial charge in [-0.25, -0.2) is 0 Å². The van der Waals surface area contributed by atoms with Crippen LogP contribution in [0.1, 0.15) is 43.9 Å². The number of amides is 1. The molecule has 1 atom stereocenters. The van der Waals surface area contributed by atoms with E-state index >= 15 is 0 Å². The minimum Gasteiger partial charge on any atom is -0.469 e. The van der Waals surface area contributed by atoms with Crippen molar-refractivity contribution in [1.82, 2.24) is 4.90 Å². The lowest BCUT2D eigenvalue weighted by atomic mass is 9.81. The molecule has 1 aliphatic rings. The molecule has 0 bridgehead atoms. The molecule has 1 fully saturated rings. The summed E-state index contributed by atoms with van der Waals surface area (Å²) in [5.41, 5.74) is 1.08. The summed E-state index contributed by atoms with van der Waals surface area (Å²) in [5.74, 6) is 1.58. The summed E-state index contributed by atoms with van der Waals surface area (Å²) in [6.45, 7) is 5.88. The second kappa shape index (κ2) is 5.99. The maximum Gasteiger partial charge on any atom is 0.223 e. The summed E-state index contributed by atoms with van der Waals surface area (Å²) in [7, 11) is 0. The van der Waals surface area contributed by atoms with Crippen LogP contribution in [0.15, 0.2) is 53.1 Å². The monoisotopic (exact) mass is 297 g/mol. The van der Waals surface area contributed by atoms with Gasteiger partial charge in [-0.3, -0.25) is 4.79 Å². The van der Waals surface area contributed by atoms with Crippen LogP contribution in [-0.4, -0.2) is 23.9 Å². The molecule has 1 aromatic carbocycles. The Bertz CT molecular complexity index is 616. The Labute approximate surface area is 131 Å². The quantitative estimate of drug-likeness (QED) is 0.855. The van der Waals surface area contributed by atoms with Crippen LogP contribution in [0.4, 0.5) is 0 Å². The number of furan rings is 1. The van der Waals surface area contributed by atoms with Crippen molar-refractivity contribution in [3.05, 3.63) is 60.1 Å². The third kappa shape index (κ3) is 3.08. The van der Waals surface area contributed by atoms with Crippen molar-refractivity contribution in [3.63, 3.8) is 0 Å². The number of hydrogen-bond donors (Lipinski definition) is 0.